The zero-order chi connectivity index (χ0) is 33.7. The van der Waals surface area contributed by atoms with Gasteiger partial charge in [-0.15, -0.1) is 0 Å². The van der Waals surface area contributed by atoms with E-state index in [1.165, 1.54) is 76.1 Å². The smallest absolute Gasteiger partial charge is 0.0468 e. The molecular weight excluding hydrogens is 615 g/mol. The third-order valence-electron chi connectivity index (χ3n) is 10.4. The molecule has 0 unspecified atom stereocenters. The molecule has 1 heteroatoms. The van der Waals surface area contributed by atoms with Gasteiger partial charge in [-0.3, -0.25) is 0 Å². The van der Waals surface area contributed by atoms with Gasteiger partial charge in [0, 0.05) is 17.1 Å². The van der Waals surface area contributed by atoms with Crippen LogP contribution in [0.3, 0.4) is 0 Å². The Hall–Kier alpha value is -6.70. The highest BCUT2D eigenvalue weighted by Crippen LogP contribution is 2.41. The fourth-order valence-corrected chi connectivity index (χ4v) is 7.83. The summed E-state index contributed by atoms with van der Waals surface area (Å²) in [7, 11) is 0. The van der Waals surface area contributed by atoms with Gasteiger partial charge in [-0.25, -0.2) is 0 Å². The van der Waals surface area contributed by atoms with E-state index in [-0.39, 0.29) is 0 Å². The van der Waals surface area contributed by atoms with Gasteiger partial charge in [0.1, 0.15) is 0 Å². The Morgan fingerprint density at radius 1 is 0.235 bits per heavy atom. The fourth-order valence-electron chi connectivity index (χ4n) is 7.83. The zero-order valence-electron chi connectivity index (χ0n) is 28.0. The summed E-state index contributed by atoms with van der Waals surface area (Å²) in [4.78, 5) is 2.38. The third kappa shape index (κ3) is 5.10. The molecule has 0 heterocycles. The van der Waals surface area contributed by atoms with E-state index in [1.54, 1.807) is 0 Å². The van der Waals surface area contributed by atoms with Gasteiger partial charge in [0.05, 0.1) is 0 Å². The molecule has 51 heavy (non-hydrogen) atoms. The molecule has 0 fully saturated rings. The van der Waals surface area contributed by atoms with Crippen LogP contribution in [0.25, 0.3) is 76.1 Å². The molecule has 238 valence electrons. The molecule has 0 spiro atoms. The van der Waals surface area contributed by atoms with E-state index in [4.69, 9.17) is 0 Å². The molecule has 0 aliphatic heterocycles. The van der Waals surface area contributed by atoms with Gasteiger partial charge in [0.25, 0.3) is 0 Å². The molecule has 0 N–H and O–H groups in total. The number of nitrogens with zero attached hydrogens (tertiary/aromatic N) is 1. The average molecular weight is 648 g/mol. The van der Waals surface area contributed by atoms with Crippen LogP contribution in [-0.4, -0.2) is 0 Å². The molecule has 10 rings (SSSR count). The van der Waals surface area contributed by atoms with Crippen molar-refractivity contribution < 1.29 is 0 Å². The van der Waals surface area contributed by atoms with Gasteiger partial charge >= 0.3 is 0 Å². The maximum absolute atomic E-state index is 2.38. The minimum absolute atomic E-state index is 1.11. The average Bonchev–Trinajstić information content (AvgIpc) is 3.21. The highest BCUT2D eigenvalue weighted by Gasteiger charge is 2.16. The quantitative estimate of drug-likeness (QED) is 0.168. The normalized spacial score (nSPS) is 11.5. The van der Waals surface area contributed by atoms with Crippen molar-refractivity contribution in [1.82, 2.24) is 0 Å². The second-order valence-corrected chi connectivity index (χ2v) is 13.4. The van der Waals surface area contributed by atoms with E-state index in [1.807, 2.05) is 0 Å². The molecule has 10 aromatic carbocycles. The Labute approximate surface area is 297 Å². The van der Waals surface area contributed by atoms with Crippen LogP contribution in [0.4, 0.5) is 17.1 Å². The predicted octanol–water partition coefficient (Wildman–Crippen LogP) is 14.3. The number of fused-ring (bicyclic) bond motifs is 7. The SMILES string of the molecule is c1ccc2cc(-c3ccc(N(c4ccc(-c5cc6ccccc6c6ccccc56)cc4)c4ccc5ccc6ccccc6c5c4)cc3)ccc2c1. The van der Waals surface area contributed by atoms with Crippen LogP contribution in [0.5, 0.6) is 0 Å². The first-order valence-corrected chi connectivity index (χ1v) is 17.6. The van der Waals surface area contributed by atoms with Gasteiger partial charge in [-0.2, -0.15) is 0 Å². The maximum Gasteiger partial charge on any atom is 0.0468 e. The van der Waals surface area contributed by atoms with Crippen molar-refractivity contribution >= 4 is 70.9 Å². The second-order valence-electron chi connectivity index (χ2n) is 13.4. The van der Waals surface area contributed by atoms with Crippen LogP contribution < -0.4 is 4.90 Å². The maximum atomic E-state index is 2.38. The summed E-state index contributed by atoms with van der Waals surface area (Å²) >= 11 is 0. The van der Waals surface area contributed by atoms with Crippen LogP contribution >= 0.6 is 0 Å². The van der Waals surface area contributed by atoms with Crippen molar-refractivity contribution in [2.24, 2.45) is 0 Å². The van der Waals surface area contributed by atoms with E-state index in [9.17, 15) is 0 Å². The van der Waals surface area contributed by atoms with E-state index < -0.39 is 0 Å². The van der Waals surface area contributed by atoms with E-state index in [0.717, 1.165) is 17.1 Å². The lowest BCUT2D eigenvalue weighted by atomic mass is 9.93. The first-order valence-electron chi connectivity index (χ1n) is 17.6. The fraction of sp³-hybridized carbons (Fsp3) is 0. The molecule has 0 aliphatic rings. The Balaban J connectivity index is 1.11. The summed E-state index contributed by atoms with van der Waals surface area (Å²) in [6.07, 6.45) is 0. The molecule has 0 saturated heterocycles. The van der Waals surface area contributed by atoms with Gasteiger partial charge < -0.3 is 4.90 Å². The Bertz CT molecular complexity index is 2900. The Kier molecular flexibility index (Phi) is 6.89. The molecule has 1 nitrogen and oxygen atoms in total. The standard InChI is InChI=1S/C50H33N/c1-2-11-39-31-40(20-17-34(39)9-1)35-21-26-42(27-22-35)51(44-30-25-37-19-18-36-10-3-5-13-45(36)50(37)33-44)43-28-23-38(24-29-43)49-32-41-12-4-6-14-46(41)47-15-7-8-16-48(47)49/h1-33H. The Morgan fingerprint density at radius 3 is 1.43 bits per heavy atom. The van der Waals surface area contributed by atoms with E-state index in [2.05, 4.69) is 205 Å². The topological polar surface area (TPSA) is 3.24 Å². The van der Waals surface area contributed by atoms with Crippen molar-refractivity contribution in [3.05, 3.63) is 200 Å². The number of hydrogen-bond acceptors (Lipinski definition) is 1. The summed E-state index contributed by atoms with van der Waals surface area (Å²) in [5.41, 5.74) is 8.23. The summed E-state index contributed by atoms with van der Waals surface area (Å²) in [6.45, 7) is 0. The second kappa shape index (κ2) is 12.0. The van der Waals surface area contributed by atoms with Crippen LogP contribution in [0, 0.1) is 0 Å². The lowest BCUT2D eigenvalue weighted by Gasteiger charge is -2.26. The lowest BCUT2D eigenvalue weighted by Crippen LogP contribution is -2.10. The highest BCUT2D eigenvalue weighted by molar-refractivity contribution is 6.14. The molecular formula is C50H33N. The van der Waals surface area contributed by atoms with Crippen molar-refractivity contribution in [1.29, 1.82) is 0 Å². The van der Waals surface area contributed by atoms with Gasteiger partial charge in [0.15, 0.2) is 0 Å². The lowest BCUT2D eigenvalue weighted by molar-refractivity contribution is 1.29. The zero-order valence-corrected chi connectivity index (χ0v) is 28.0. The molecule has 0 saturated carbocycles. The summed E-state index contributed by atoms with van der Waals surface area (Å²) in [6, 6.07) is 73.1. The number of benzene rings is 10. The molecule has 10 aromatic rings. The summed E-state index contributed by atoms with van der Waals surface area (Å²) < 4.78 is 0. The van der Waals surface area contributed by atoms with Crippen molar-refractivity contribution in [3.63, 3.8) is 0 Å². The largest absolute Gasteiger partial charge is 0.310 e. The first-order chi connectivity index (χ1) is 25.3. The molecule has 0 aromatic heterocycles. The highest BCUT2D eigenvalue weighted by atomic mass is 15.1. The Morgan fingerprint density at radius 2 is 0.706 bits per heavy atom. The summed E-state index contributed by atoms with van der Waals surface area (Å²) in [5.74, 6) is 0. The number of hydrogen-bond donors (Lipinski definition) is 0. The molecule has 0 atom stereocenters. The van der Waals surface area contributed by atoms with Crippen LogP contribution in [0.15, 0.2) is 200 Å². The van der Waals surface area contributed by atoms with E-state index in [0.29, 0.717) is 0 Å². The van der Waals surface area contributed by atoms with Crippen molar-refractivity contribution in [2.45, 2.75) is 0 Å². The van der Waals surface area contributed by atoms with Gasteiger partial charge in [-0.05, 0) is 125 Å². The van der Waals surface area contributed by atoms with Crippen molar-refractivity contribution in [3.8, 4) is 22.3 Å². The number of anilines is 3. The minimum Gasteiger partial charge on any atom is -0.310 e. The van der Waals surface area contributed by atoms with Gasteiger partial charge in [-0.1, -0.05) is 152 Å². The van der Waals surface area contributed by atoms with Crippen LogP contribution in [-0.2, 0) is 0 Å². The summed E-state index contributed by atoms with van der Waals surface area (Å²) in [5, 5.41) is 12.6. The molecule has 0 bridgehead atoms. The minimum atomic E-state index is 1.11. The van der Waals surface area contributed by atoms with Crippen LogP contribution in [0.1, 0.15) is 0 Å². The predicted molar refractivity (Wildman–Crippen MR) is 220 cm³/mol. The first kappa shape index (κ1) is 29.2. The molecule has 0 amide bonds. The van der Waals surface area contributed by atoms with Gasteiger partial charge in [0.2, 0.25) is 0 Å². The van der Waals surface area contributed by atoms with Crippen LogP contribution in [0.2, 0.25) is 0 Å². The van der Waals surface area contributed by atoms with Crippen molar-refractivity contribution in [2.75, 3.05) is 4.90 Å². The third-order valence-corrected chi connectivity index (χ3v) is 10.4. The number of rotatable bonds is 5. The van der Waals surface area contributed by atoms with E-state index >= 15 is 0 Å². The molecule has 0 aliphatic carbocycles. The molecule has 0 radical (unpaired) electrons. The monoisotopic (exact) mass is 647 g/mol.